The van der Waals surface area contributed by atoms with Gasteiger partial charge < -0.3 is 15.4 Å². The van der Waals surface area contributed by atoms with Crippen LogP contribution in [0.5, 0.6) is 0 Å². The maximum Gasteiger partial charge on any atom is 0.305 e. The number of amides is 2. The van der Waals surface area contributed by atoms with Crippen molar-refractivity contribution in [3.05, 3.63) is 66.2 Å². The van der Waals surface area contributed by atoms with Crippen LogP contribution in [0.1, 0.15) is 42.5 Å². The van der Waals surface area contributed by atoms with Crippen LogP contribution < -0.4 is 10.6 Å². The smallest absolute Gasteiger partial charge is 0.305 e. The van der Waals surface area contributed by atoms with Crippen LogP contribution in [0.15, 0.2) is 60.7 Å². The molecule has 148 valence electrons. The molecular weight excluding hydrogens is 356 g/mol. The Morgan fingerprint density at radius 3 is 2.18 bits per heavy atom. The highest BCUT2D eigenvalue weighted by molar-refractivity contribution is 6.01. The lowest BCUT2D eigenvalue weighted by Crippen LogP contribution is -2.43. The molecule has 0 fully saturated rings. The Morgan fingerprint density at radius 1 is 0.893 bits per heavy atom. The topological polar surface area (TPSA) is 84.5 Å². The lowest BCUT2D eigenvalue weighted by Gasteiger charge is -2.18. The number of carbonyl (C=O) groups excluding carboxylic acids is 3. The molecule has 0 heterocycles. The molecule has 0 aliphatic rings. The van der Waals surface area contributed by atoms with E-state index in [0.29, 0.717) is 36.9 Å². The Labute approximate surface area is 165 Å². The third kappa shape index (κ3) is 7.23. The number of esters is 1. The monoisotopic (exact) mass is 382 g/mol. The van der Waals surface area contributed by atoms with Crippen molar-refractivity contribution in [3.63, 3.8) is 0 Å². The molecule has 2 rings (SSSR count). The summed E-state index contributed by atoms with van der Waals surface area (Å²) < 4.78 is 4.62. The van der Waals surface area contributed by atoms with Crippen LogP contribution in [0.2, 0.25) is 0 Å². The van der Waals surface area contributed by atoms with E-state index < -0.39 is 6.04 Å². The van der Waals surface area contributed by atoms with Gasteiger partial charge in [-0.1, -0.05) is 49.2 Å². The van der Waals surface area contributed by atoms with Crippen molar-refractivity contribution in [1.82, 2.24) is 5.32 Å². The number of rotatable bonds is 10. The molecule has 6 heteroatoms. The van der Waals surface area contributed by atoms with E-state index in [1.54, 1.807) is 36.4 Å². The molecule has 0 aliphatic carbocycles. The summed E-state index contributed by atoms with van der Waals surface area (Å²) in [5.74, 6) is -0.789. The lowest BCUT2D eigenvalue weighted by molar-refractivity contribution is -0.140. The lowest BCUT2D eigenvalue weighted by atomic mass is 10.1. The van der Waals surface area contributed by atoms with E-state index in [1.807, 2.05) is 24.3 Å². The van der Waals surface area contributed by atoms with Gasteiger partial charge in [-0.25, -0.2) is 0 Å². The Kier molecular flexibility index (Phi) is 8.72. The van der Waals surface area contributed by atoms with Gasteiger partial charge in [0.2, 0.25) is 5.91 Å². The average Bonchev–Trinajstić information content (AvgIpc) is 2.73. The largest absolute Gasteiger partial charge is 0.469 e. The highest BCUT2D eigenvalue weighted by Crippen LogP contribution is 2.11. The van der Waals surface area contributed by atoms with Gasteiger partial charge in [-0.05, 0) is 37.1 Å². The van der Waals surface area contributed by atoms with Gasteiger partial charge in [0.25, 0.3) is 5.91 Å². The summed E-state index contributed by atoms with van der Waals surface area (Å²) >= 11 is 0. The van der Waals surface area contributed by atoms with Gasteiger partial charge in [0.1, 0.15) is 6.04 Å². The zero-order valence-corrected chi connectivity index (χ0v) is 16.0. The van der Waals surface area contributed by atoms with Crippen molar-refractivity contribution in [2.45, 2.75) is 38.1 Å². The third-order valence-electron chi connectivity index (χ3n) is 4.30. The maximum absolute atomic E-state index is 12.7. The van der Waals surface area contributed by atoms with E-state index in [4.69, 9.17) is 0 Å². The van der Waals surface area contributed by atoms with Crippen molar-refractivity contribution in [2.24, 2.45) is 0 Å². The van der Waals surface area contributed by atoms with Crippen LogP contribution in [0, 0.1) is 0 Å². The summed E-state index contributed by atoms with van der Waals surface area (Å²) in [6.07, 6.45) is 3.00. The summed E-state index contributed by atoms with van der Waals surface area (Å²) in [4.78, 5) is 36.4. The number of anilines is 1. The van der Waals surface area contributed by atoms with Gasteiger partial charge >= 0.3 is 5.97 Å². The number of nitrogens with one attached hydrogen (secondary N) is 2. The molecule has 6 nitrogen and oxygen atoms in total. The molecule has 0 aliphatic heterocycles. The minimum absolute atomic E-state index is 0.240. The number of ether oxygens (including phenoxy) is 1. The molecule has 28 heavy (non-hydrogen) atoms. The van der Waals surface area contributed by atoms with Gasteiger partial charge in [-0.2, -0.15) is 0 Å². The molecular formula is C22H26N2O4. The highest BCUT2D eigenvalue weighted by Gasteiger charge is 2.21. The normalized spacial score (nSPS) is 11.3. The molecule has 0 saturated heterocycles. The Morgan fingerprint density at radius 2 is 1.54 bits per heavy atom. The first kappa shape index (κ1) is 21.2. The van der Waals surface area contributed by atoms with E-state index in [2.05, 4.69) is 15.4 Å². The van der Waals surface area contributed by atoms with Crippen molar-refractivity contribution in [2.75, 3.05) is 12.4 Å². The Bertz CT molecular complexity index is 763. The second-order valence-corrected chi connectivity index (χ2v) is 6.42. The van der Waals surface area contributed by atoms with Crippen LogP contribution in [-0.4, -0.2) is 30.9 Å². The van der Waals surface area contributed by atoms with Gasteiger partial charge in [0.15, 0.2) is 0 Å². The first-order chi connectivity index (χ1) is 13.6. The number of para-hydroxylation sites is 1. The van der Waals surface area contributed by atoms with E-state index in [1.165, 1.54) is 7.11 Å². The molecule has 2 aromatic carbocycles. The van der Waals surface area contributed by atoms with Crippen molar-refractivity contribution in [3.8, 4) is 0 Å². The zero-order valence-electron chi connectivity index (χ0n) is 16.0. The molecule has 2 amide bonds. The van der Waals surface area contributed by atoms with Gasteiger partial charge in [-0.3, -0.25) is 14.4 Å². The van der Waals surface area contributed by atoms with Crippen molar-refractivity contribution < 1.29 is 19.1 Å². The van der Waals surface area contributed by atoms with E-state index in [-0.39, 0.29) is 17.8 Å². The second-order valence-electron chi connectivity index (χ2n) is 6.42. The molecule has 0 aromatic heterocycles. The second kappa shape index (κ2) is 11.5. The molecule has 1 atom stereocenters. The summed E-state index contributed by atoms with van der Waals surface area (Å²) in [7, 11) is 1.37. The molecule has 1 unspecified atom stereocenters. The molecule has 0 saturated carbocycles. The summed E-state index contributed by atoms with van der Waals surface area (Å²) in [6, 6.07) is 17.3. The number of unbranched alkanes of at least 4 members (excludes halogenated alkanes) is 2. The fourth-order valence-corrected chi connectivity index (χ4v) is 2.75. The highest BCUT2D eigenvalue weighted by atomic mass is 16.5. The van der Waals surface area contributed by atoms with Crippen LogP contribution in [-0.2, 0) is 14.3 Å². The number of benzene rings is 2. The average molecular weight is 382 g/mol. The number of carbonyl (C=O) groups is 3. The summed E-state index contributed by atoms with van der Waals surface area (Å²) in [6.45, 7) is 0. The number of methoxy groups -OCH3 is 1. The molecule has 0 bridgehead atoms. The fraction of sp³-hybridized carbons (Fsp3) is 0.318. The molecule has 2 N–H and O–H groups in total. The van der Waals surface area contributed by atoms with E-state index in [9.17, 15) is 14.4 Å². The summed E-state index contributed by atoms with van der Waals surface area (Å²) in [5.41, 5.74) is 1.18. The number of hydrogen-bond donors (Lipinski definition) is 2. The van der Waals surface area contributed by atoms with Crippen LogP contribution >= 0.6 is 0 Å². The van der Waals surface area contributed by atoms with E-state index in [0.717, 1.165) is 6.42 Å². The predicted molar refractivity (Wildman–Crippen MR) is 108 cm³/mol. The van der Waals surface area contributed by atoms with Crippen LogP contribution in [0.25, 0.3) is 0 Å². The zero-order chi connectivity index (χ0) is 20.2. The first-order valence-electron chi connectivity index (χ1n) is 9.39. The standard InChI is InChI=1S/C22H26N2O4/c1-28-20(25)16-10-4-9-15-19(22(27)23-18-13-7-3-8-14-18)24-21(26)17-11-5-2-6-12-17/h2-3,5-8,11-14,19H,4,9-10,15-16H2,1H3,(H,23,27)(H,24,26). The predicted octanol–water partition coefficient (Wildman–Crippen LogP) is 3.55. The van der Waals surface area contributed by atoms with Gasteiger partial charge in [-0.15, -0.1) is 0 Å². The quantitative estimate of drug-likeness (QED) is 0.486. The number of hydrogen-bond acceptors (Lipinski definition) is 4. The molecule has 0 radical (unpaired) electrons. The summed E-state index contributed by atoms with van der Waals surface area (Å²) in [5, 5.41) is 5.66. The fourth-order valence-electron chi connectivity index (χ4n) is 2.75. The van der Waals surface area contributed by atoms with Gasteiger partial charge in [0, 0.05) is 17.7 Å². The van der Waals surface area contributed by atoms with Crippen molar-refractivity contribution in [1.29, 1.82) is 0 Å². The third-order valence-corrected chi connectivity index (χ3v) is 4.30. The van der Waals surface area contributed by atoms with Crippen molar-refractivity contribution >= 4 is 23.5 Å². The SMILES string of the molecule is COC(=O)CCCCCC(NC(=O)c1ccccc1)C(=O)Nc1ccccc1. The molecule has 2 aromatic rings. The minimum atomic E-state index is -0.661. The Hall–Kier alpha value is -3.15. The van der Waals surface area contributed by atoms with Crippen LogP contribution in [0.4, 0.5) is 5.69 Å². The molecule has 0 spiro atoms. The van der Waals surface area contributed by atoms with Crippen LogP contribution in [0.3, 0.4) is 0 Å². The van der Waals surface area contributed by atoms with Gasteiger partial charge in [0.05, 0.1) is 7.11 Å². The van der Waals surface area contributed by atoms with E-state index >= 15 is 0 Å². The first-order valence-corrected chi connectivity index (χ1v) is 9.39. The Balaban J connectivity index is 1.95. The minimum Gasteiger partial charge on any atom is -0.469 e. The maximum atomic E-state index is 12.7.